The molecule has 6 saturated heterocycles. The molecule has 0 aliphatic carbocycles. The molecule has 0 radical (unpaired) electrons. The fourth-order valence-corrected chi connectivity index (χ4v) is 18.1. The van der Waals surface area contributed by atoms with Crippen molar-refractivity contribution < 1.29 is 170 Å². The summed E-state index contributed by atoms with van der Waals surface area (Å²) in [5.41, 5.74) is -10.8. The van der Waals surface area contributed by atoms with Gasteiger partial charge in [0.1, 0.15) is 106 Å². The number of phosphoric ester groups is 2. The summed E-state index contributed by atoms with van der Waals surface area (Å²) in [6.07, 6.45) is -20.3. The average molecular weight is 1980 g/mol. The molecule has 135 heavy (non-hydrogen) atoms. The number of H-pyrrole nitrogens is 1. The quantitative estimate of drug-likeness (QED) is 0.0727. The van der Waals surface area contributed by atoms with Crippen molar-refractivity contribution in [3.8, 4) is 5.88 Å². The lowest BCUT2D eigenvalue weighted by Crippen LogP contribution is -2.66. The van der Waals surface area contributed by atoms with Crippen molar-refractivity contribution in [3.05, 3.63) is 37.4 Å². The highest BCUT2D eigenvalue weighted by molar-refractivity contribution is 7.59. The number of ether oxygens (including phenoxy) is 13. The predicted molar refractivity (Wildman–Crippen MR) is 473 cm³/mol. The van der Waals surface area contributed by atoms with Gasteiger partial charge in [-0.3, -0.25) is 52.3 Å². The molecular formula is C82H125N12O38P3. The first-order valence-electron chi connectivity index (χ1n) is 42.9. The molecule has 6 N–H and O–H groups in total. The van der Waals surface area contributed by atoms with Crippen LogP contribution in [0.1, 0.15) is 204 Å². The van der Waals surface area contributed by atoms with E-state index in [2.05, 4.69) is 41.9 Å². The Balaban J connectivity index is 0.000000209. The van der Waals surface area contributed by atoms with E-state index in [0.29, 0.717) is 9.47 Å². The summed E-state index contributed by atoms with van der Waals surface area (Å²) in [7, 11) is -7.36. The summed E-state index contributed by atoms with van der Waals surface area (Å²) in [6.45, 7) is 43.1. The van der Waals surface area contributed by atoms with E-state index < -0.39 is 243 Å². The molecule has 7 amide bonds. The topological polar surface area (TPSA) is 595 Å². The summed E-state index contributed by atoms with van der Waals surface area (Å²) >= 11 is 0. The Morgan fingerprint density at radius 3 is 1.16 bits per heavy atom. The summed E-state index contributed by atoms with van der Waals surface area (Å²) in [4.78, 5) is 171. The third-order valence-corrected chi connectivity index (χ3v) is 24.1. The van der Waals surface area contributed by atoms with Crippen LogP contribution in [0.5, 0.6) is 5.88 Å². The fourth-order valence-electron chi connectivity index (χ4n) is 14.6. The lowest BCUT2D eigenvalue weighted by atomic mass is 9.82. The first-order chi connectivity index (χ1) is 61.6. The highest BCUT2D eigenvalue weighted by atomic mass is 31.2. The Hall–Kier alpha value is -9.17. The highest BCUT2D eigenvalue weighted by Gasteiger charge is 2.62. The van der Waals surface area contributed by atoms with Gasteiger partial charge in [-0.15, -0.1) is 4.90 Å². The number of imide groups is 1. The Labute approximate surface area is 778 Å². The van der Waals surface area contributed by atoms with Gasteiger partial charge in [0.25, 0.3) is 18.7 Å². The molecule has 0 saturated carbocycles. The van der Waals surface area contributed by atoms with Crippen LogP contribution < -0.4 is 46.1 Å². The monoisotopic (exact) mass is 1980 g/mol. The van der Waals surface area contributed by atoms with E-state index in [9.17, 15) is 77.2 Å². The normalized spacial score (nSPS) is 28.2. The molecule has 0 spiro atoms. The molecule has 6 fully saturated rings. The van der Waals surface area contributed by atoms with Crippen molar-refractivity contribution in [2.45, 2.75) is 330 Å². The van der Waals surface area contributed by atoms with Crippen molar-refractivity contribution in [3.63, 3.8) is 0 Å². The number of amides is 7. The average Bonchev–Trinajstić information content (AvgIpc) is 0.698. The van der Waals surface area contributed by atoms with Crippen LogP contribution in [-0.2, 0) is 126 Å². The fraction of sp³-hybridized carbons (Fsp3) is 0.732. The zero-order chi connectivity index (χ0) is 101. The summed E-state index contributed by atoms with van der Waals surface area (Å²) < 4.78 is 147. The minimum absolute atomic E-state index is 0.0326. The van der Waals surface area contributed by atoms with Gasteiger partial charge in [0.05, 0.1) is 54.8 Å². The van der Waals surface area contributed by atoms with Crippen molar-refractivity contribution in [2.75, 3.05) is 71.4 Å². The van der Waals surface area contributed by atoms with Crippen molar-refractivity contribution in [1.82, 2.24) is 29.5 Å². The maximum atomic E-state index is 14.1. The third kappa shape index (κ3) is 26.7. The van der Waals surface area contributed by atoms with Crippen molar-refractivity contribution in [1.29, 1.82) is 0 Å². The maximum absolute atomic E-state index is 14.1. The number of aliphatic hydroxyl groups excluding tert-OH is 3. The van der Waals surface area contributed by atoms with Gasteiger partial charge in [0, 0.05) is 39.1 Å². The van der Waals surface area contributed by atoms with Crippen LogP contribution in [-0.4, -0.2) is 271 Å². The third-order valence-electron chi connectivity index (χ3n) is 19.6. The van der Waals surface area contributed by atoms with E-state index >= 15 is 0 Å². The van der Waals surface area contributed by atoms with Gasteiger partial charge < -0.3 is 90.5 Å². The summed E-state index contributed by atoms with van der Waals surface area (Å²) in [6, 6.07) is 0. The van der Waals surface area contributed by atoms with E-state index in [-0.39, 0.29) is 85.1 Å². The first kappa shape index (κ1) is 108. The first-order valence-corrected chi connectivity index (χ1v) is 47.5. The number of phosphoric acid groups is 2. The van der Waals surface area contributed by atoms with Gasteiger partial charge in [0.15, 0.2) is 17.5 Å². The van der Waals surface area contributed by atoms with E-state index in [0.717, 1.165) is 28.9 Å². The Morgan fingerprint density at radius 1 is 0.430 bits per heavy atom. The Kier molecular flexibility index (Phi) is 31.4. The number of aromatic nitrogens is 6. The molecule has 53 heteroatoms. The van der Waals surface area contributed by atoms with Crippen molar-refractivity contribution in [2.24, 2.45) is 17.8 Å². The molecular weight excluding hydrogens is 1850 g/mol. The van der Waals surface area contributed by atoms with Crippen LogP contribution in [0.4, 0.5) is 78.4 Å². The minimum Gasteiger partial charge on any atom is -0.444 e. The van der Waals surface area contributed by atoms with Crippen molar-refractivity contribution >= 4 is 120 Å². The Bertz CT molecular complexity index is 5250. The van der Waals surface area contributed by atoms with E-state index in [1.807, 2.05) is 0 Å². The number of rotatable bonds is 7. The maximum Gasteiger partial charge on any atom is 0.515 e. The zero-order valence-corrected chi connectivity index (χ0v) is 83.8. The number of aliphatic hydroxyl groups is 3. The molecule has 3 aromatic heterocycles. The Morgan fingerprint density at radius 2 is 0.778 bits per heavy atom. The molecule has 9 aliphatic rings. The molecule has 18 atom stereocenters. The molecule has 756 valence electrons. The van der Waals surface area contributed by atoms with Gasteiger partial charge in [-0.25, -0.2) is 67.0 Å². The number of carbonyl (C=O) groups excluding carboxylic acids is 9. The van der Waals surface area contributed by atoms with E-state index in [1.54, 1.807) is 187 Å². The smallest absolute Gasteiger partial charge is 0.444 e. The number of carbonyl (C=O) groups is 9. The predicted octanol–water partition coefficient (Wildman–Crippen LogP) is 11.6. The second-order valence-electron chi connectivity index (χ2n) is 41.3. The van der Waals surface area contributed by atoms with Gasteiger partial charge in [-0.1, -0.05) is 0 Å². The van der Waals surface area contributed by atoms with Gasteiger partial charge >= 0.3 is 70.5 Å². The van der Waals surface area contributed by atoms with Gasteiger partial charge in [-0.2, -0.15) is 24.5 Å². The molecule has 0 aromatic carbocycles. The number of aromatic amines is 1. The number of nitrogens with one attached hydrogen (secondary N) is 3. The van der Waals surface area contributed by atoms with Gasteiger partial charge in [-0.05, 0) is 213 Å². The molecule has 12 heterocycles. The number of hydrogen-bond acceptors (Lipinski definition) is 42. The van der Waals surface area contributed by atoms with E-state index in [1.165, 1.54) is 7.11 Å². The minimum atomic E-state index is -4.02. The van der Waals surface area contributed by atoms with Crippen LogP contribution in [0.3, 0.4) is 0 Å². The number of nitrogens with zero attached hydrogens (tertiary/aromatic N) is 9. The summed E-state index contributed by atoms with van der Waals surface area (Å²) in [5, 5.41) is 39.2. The lowest BCUT2D eigenvalue weighted by Gasteiger charge is -2.52. The largest absolute Gasteiger partial charge is 0.515 e. The molecule has 0 bridgehead atoms. The zero-order valence-electron chi connectivity index (χ0n) is 81.1. The van der Waals surface area contributed by atoms with Crippen LogP contribution in [0.15, 0.2) is 9.59 Å². The SMILES string of the molecule is C=P1(OC)OCC2OC3C(Cc4c(nc(N(C(=O)OC(C)(C)C)C(=O)OC(C)(C)C)[nH]c4=O)N3C(=O)OC(C)(C)C)C(O)C2O1.COP1(=O)OCC2OC3C(Cc4c(OC(=O)OC(C)(C)C)nc(NC(=O)OC(C)(C)C)nc4N3C(=O)OC(C)(C)C)C(O)C2O1.COP1(=O)OCC2OC3C(Cc4c(nc(NC(=O)OC(C)(C)C)n(C(=O)OC(C)(C)C)c4=O)N3C(=O)OC(C)(C)C)C(O)C2O1. The molecule has 50 nitrogen and oxygen atoms in total. The number of anilines is 6. The second kappa shape index (κ2) is 39.3. The lowest BCUT2D eigenvalue weighted by molar-refractivity contribution is -0.219. The molecule has 18 unspecified atom stereocenters. The van der Waals surface area contributed by atoms with E-state index in [4.69, 9.17) is 102 Å². The molecule has 9 aliphatic heterocycles. The second-order valence-corrected chi connectivity index (χ2v) is 46.8. The van der Waals surface area contributed by atoms with Crippen LogP contribution in [0.2, 0.25) is 0 Å². The standard InChI is InChI=1S/C28H43N4O12P.2C27H41N4O13P/c1-26(2,3)41-23(35)31-19-15(12-14-17(33)18-16(40-21(14)31)13-39-45(11,38-10)44-18)20(34)30-22(29-19)32(24(36)42-27(4,5)6)25(37)43-28(7,8)9;1-25(2,3)41-22(34)29-21-28-18-14(19(33)31(21)24(36)43-27(7,8)9)11-13-16(32)17-15(12-39-45(37,38-10)44-17)40-20(13)30(18)23(35)42-26(4,5)6;1-25(2,3)41-22(33)30-21-28-18-14(19(29-21)40-24(35)43-27(7,8)9)11-13-16(32)17-15(12-38-45(36,37-10)44-17)39-20(13)31(18)23(34)42-26(4,5)6/h14,16-18,21,33H,11-13H2,1-10H3,(H,29,30,34);13,15-17,20,32H,11-12H2,1-10H3,(H,28,29,34);13,15-17,20,32H,11-12H2,1-10H3,(H,28,29,30,33). The van der Waals surface area contributed by atoms with Gasteiger partial charge in [0.2, 0.25) is 23.7 Å². The van der Waals surface area contributed by atoms with Crippen LogP contribution in [0, 0.1) is 17.8 Å². The number of fused-ring (bicyclic) bond motifs is 9. The van der Waals surface area contributed by atoms with Crippen LogP contribution in [0.25, 0.3) is 0 Å². The molecule has 12 rings (SSSR count). The van der Waals surface area contributed by atoms with Crippen LogP contribution >= 0.6 is 23.2 Å². The number of hydrogen-bond donors (Lipinski definition) is 6. The summed E-state index contributed by atoms with van der Waals surface area (Å²) in [5.74, 6) is -5.55. The highest BCUT2D eigenvalue weighted by Crippen LogP contribution is 2.60. The molecule has 3 aromatic rings.